The summed E-state index contributed by atoms with van der Waals surface area (Å²) in [4.78, 5) is 2.31. The molecule has 0 spiro atoms. The van der Waals surface area contributed by atoms with Gasteiger partial charge < -0.3 is 15.7 Å². The molecule has 2 rings (SSSR count). The SMILES string of the molecule is CN(CC1CCCCC1N)CC1(O)CCCC1. The molecular weight excluding hydrogens is 212 g/mol. The van der Waals surface area contributed by atoms with Crippen LogP contribution in [0.3, 0.4) is 0 Å². The second kappa shape index (κ2) is 5.68. The number of hydrogen-bond acceptors (Lipinski definition) is 3. The zero-order chi connectivity index (χ0) is 12.3. The van der Waals surface area contributed by atoms with Crippen LogP contribution in [0.2, 0.25) is 0 Å². The molecule has 0 radical (unpaired) electrons. The smallest absolute Gasteiger partial charge is 0.0774 e. The lowest BCUT2D eigenvalue weighted by Crippen LogP contribution is -2.45. The molecule has 2 atom stereocenters. The number of nitrogens with zero attached hydrogens (tertiary/aromatic N) is 1. The Bertz CT molecular complexity index is 238. The van der Waals surface area contributed by atoms with E-state index >= 15 is 0 Å². The molecule has 0 aromatic carbocycles. The van der Waals surface area contributed by atoms with E-state index in [4.69, 9.17) is 5.73 Å². The van der Waals surface area contributed by atoms with Crippen LogP contribution in [0.1, 0.15) is 51.4 Å². The highest BCUT2D eigenvalue weighted by Gasteiger charge is 2.33. The summed E-state index contributed by atoms with van der Waals surface area (Å²) < 4.78 is 0. The second-order valence-electron chi connectivity index (χ2n) is 6.34. The van der Waals surface area contributed by atoms with Gasteiger partial charge in [-0.3, -0.25) is 0 Å². The van der Waals surface area contributed by atoms with Crippen LogP contribution in [0, 0.1) is 5.92 Å². The maximum absolute atomic E-state index is 10.4. The highest BCUT2D eigenvalue weighted by Crippen LogP contribution is 2.31. The van der Waals surface area contributed by atoms with Gasteiger partial charge in [0.25, 0.3) is 0 Å². The Hall–Kier alpha value is -0.120. The summed E-state index contributed by atoms with van der Waals surface area (Å²) in [5, 5.41) is 10.4. The lowest BCUT2D eigenvalue weighted by Gasteiger charge is -2.35. The van der Waals surface area contributed by atoms with E-state index in [-0.39, 0.29) is 0 Å². The summed E-state index contributed by atoms with van der Waals surface area (Å²) in [7, 11) is 2.14. The second-order valence-corrected chi connectivity index (χ2v) is 6.34. The van der Waals surface area contributed by atoms with Crippen molar-refractivity contribution < 1.29 is 5.11 Å². The van der Waals surface area contributed by atoms with Gasteiger partial charge in [0.05, 0.1) is 5.60 Å². The number of likely N-dealkylation sites (N-methyl/N-ethyl adjacent to an activating group) is 1. The highest BCUT2D eigenvalue weighted by atomic mass is 16.3. The van der Waals surface area contributed by atoms with E-state index in [0.717, 1.165) is 25.9 Å². The Balaban J connectivity index is 1.77. The molecule has 100 valence electrons. The number of aliphatic hydroxyl groups is 1. The quantitative estimate of drug-likeness (QED) is 0.787. The van der Waals surface area contributed by atoms with E-state index in [2.05, 4.69) is 11.9 Å². The fourth-order valence-corrected chi connectivity index (χ4v) is 3.62. The van der Waals surface area contributed by atoms with Gasteiger partial charge in [-0.05, 0) is 38.6 Å². The van der Waals surface area contributed by atoms with Gasteiger partial charge in [0.1, 0.15) is 0 Å². The van der Waals surface area contributed by atoms with Gasteiger partial charge >= 0.3 is 0 Å². The first-order chi connectivity index (χ1) is 8.09. The van der Waals surface area contributed by atoms with Crippen molar-refractivity contribution in [1.29, 1.82) is 0 Å². The summed E-state index contributed by atoms with van der Waals surface area (Å²) in [5.74, 6) is 0.638. The van der Waals surface area contributed by atoms with Gasteiger partial charge in [-0.15, -0.1) is 0 Å². The van der Waals surface area contributed by atoms with Crippen LogP contribution < -0.4 is 5.73 Å². The monoisotopic (exact) mass is 240 g/mol. The molecule has 3 nitrogen and oxygen atoms in total. The average molecular weight is 240 g/mol. The third kappa shape index (κ3) is 3.67. The molecule has 2 unspecified atom stereocenters. The van der Waals surface area contributed by atoms with Gasteiger partial charge in [0.2, 0.25) is 0 Å². The minimum absolute atomic E-state index is 0.379. The summed E-state index contributed by atoms with van der Waals surface area (Å²) >= 11 is 0. The normalized spacial score (nSPS) is 33.2. The topological polar surface area (TPSA) is 49.5 Å². The Labute approximate surface area is 105 Å². The predicted molar refractivity (Wildman–Crippen MR) is 70.8 cm³/mol. The molecular formula is C14H28N2O. The molecule has 2 fully saturated rings. The van der Waals surface area contributed by atoms with Crippen molar-refractivity contribution in [3.05, 3.63) is 0 Å². The van der Waals surface area contributed by atoms with Crippen LogP contribution in [0.4, 0.5) is 0 Å². The molecule has 0 saturated heterocycles. The molecule has 0 heterocycles. The summed E-state index contributed by atoms with van der Waals surface area (Å²) in [5.41, 5.74) is 5.77. The van der Waals surface area contributed by atoms with Crippen molar-refractivity contribution in [2.75, 3.05) is 20.1 Å². The number of rotatable bonds is 4. The van der Waals surface area contributed by atoms with Crippen LogP contribution in [0.15, 0.2) is 0 Å². The molecule has 3 N–H and O–H groups in total. The zero-order valence-electron chi connectivity index (χ0n) is 11.2. The molecule has 2 aliphatic rings. The molecule has 0 aliphatic heterocycles. The third-order valence-electron chi connectivity index (χ3n) is 4.61. The van der Waals surface area contributed by atoms with Crippen molar-refractivity contribution >= 4 is 0 Å². The van der Waals surface area contributed by atoms with E-state index in [9.17, 15) is 5.11 Å². The third-order valence-corrected chi connectivity index (χ3v) is 4.61. The maximum atomic E-state index is 10.4. The Morgan fingerprint density at radius 1 is 1.18 bits per heavy atom. The van der Waals surface area contributed by atoms with E-state index in [0.29, 0.717) is 12.0 Å². The van der Waals surface area contributed by atoms with Crippen LogP contribution in [0.5, 0.6) is 0 Å². The first kappa shape index (κ1) is 13.3. The molecule has 2 aliphatic carbocycles. The molecule has 17 heavy (non-hydrogen) atoms. The maximum Gasteiger partial charge on any atom is 0.0774 e. The number of hydrogen-bond donors (Lipinski definition) is 2. The molecule has 2 saturated carbocycles. The number of nitrogens with two attached hydrogens (primary N) is 1. The van der Waals surface area contributed by atoms with Gasteiger partial charge in [-0.25, -0.2) is 0 Å². The Morgan fingerprint density at radius 3 is 2.47 bits per heavy atom. The van der Waals surface area contributed by atoms with Gasteiger partial charge in [0.15, 0.2) is 0 Å². The van der Waals surface area contributed by atoms with Crippen LogP contribution in [0.25, 0.3) is 0 Å². The average Bonchev–Trinajstić information content (AvgIpc) is 2.68. The Morgan fingerprint density at radius 2 is 1.82 bits per heavy atom. The lowest BCUT2D eigenvalue weighted by atomic mass is 9.84. The van der Waals surface area contributed by atoms with Gasteiger partial charge in [-0.1, -0.05) is 25.7 Å². The molecule has 0 aromatic rings. The minimum Gasteiger partial charge on any atom is -0.389 e. The molecule has 0 amide bonds. The molecule has 0 aromatic heterocycles. The van der Waals surface area contributed by atoms with E-state index in [1.54, 1.807) is 0 Å². The van der Waals surface area contributed by atoms with Crippen LogP contribution in [-0.4, -0.2) is 41.8 Å². The van der Waals surface area contributed by atoms with Crippen molar-refractivity contribution in [1.82, 2.24) is 4.90 Å². The van der Waals surface area contributed by atoms with Crippen LogP contribution >= 0.6 is 0 Å². The van der Waals surface area contributed by atoms with Crippen molar-refractivity contribution in [2.24, 2.45) is 11.7 Å². The summed E-state index contributed by atoms with van der Waals surface area (Å²) in [6.45, 7) is 1.89. The summed E-state index contributed by atoms with van der Waals surface area (Å²) in [6, 6.07) is 0.379. The van der Waals surface area contributed by atoms with E-state index < -0.39 is 5.60 Å². The largest absolute Gasteiger partial charge is 0.389 e. The van der Waals surface area contributed by atoms with Crippen LogP contribution in [-0.2, 0) is 0 Å². The predicted octanol–water partition coefficient (Wildman–Crippen LogP) is 1.74. The minimum atomic E-state index is -0.409. The first-order valence-corrected chi connectivity index (χ1v) is 7.26. The molecule has 3 heteroatoms. The van der Waals surface area contributed by atoms with Gasteiger partial charge in [0, 0.05) is 19.1 Å². The fraction of sp³-hybridized carbons (Fsp3) is 1.00. The van der Waals surface area contributed by atoms with E-state index in [1.165, 1.54) is 38.5 Å². The standard InChI is InChI=1S/C14H28N2O/c1-16(11-14(17)8-4-5-9-14)10-12-6-2-3-7-13(12)15/h12-13,17H,2-11,15H2,1H3. The lowest BCUT2D eigenvalue weighted by molar-refractivity contribution is 0.0106. The van der Waals surface area contributed by atoms with E-state index in [1.807, 2.05) is 0 Å². The fourth-order valence-electron chi connectivity index (χ4n) is 3.62. The zero-order valence-corrected chi connectivity index (χ0v) is 11.2. The highest BCUT2D eigenvalue weighted by molar-refractivity contribution is 4.88. The molecule has 0 bridgehead atoms. The van der Waals surface area contributed by atoms with Crippen molar-refractivity contribution in [2.45, 2.75) is 63.0 Å². The first-order valence-electron chi connectivity index (χ1n) is 7.26. The Kier molecular flexibility index (Phi) is 4.45. The van der Waals surface area contributed by atoms with Crippen molar-refractivity contribution in [3.63, 3.8) is 0 Å². The van der Waals surface area contributed by atoms with Gasteiger partial charge in [-0.2, -0.15) is 0 Å². The van der Waals surface area contributed by atoms with Crippen molar-refractivity contribution in [3.8, 4) is 0 Å². The summed E-state index contributed by atoms with van der Waals surface area (Å²) in [6.07, 6.45) is 9.41.